The van der Waals surface area contributed by atoms with Crippen LogP contribution in [-0.2, 0) is 9.59 Å². The lowest BCUT2D eigenvalue weighted by atomic mass is 10.2. The molecule has 0 unspecified atom stereocenters. The fourth-order valence-corrected chi connectivity index (χ4v) is 1.54. The Morgan fingerprint density at radius 3 is 2.37 bits per heavy atom. The summed E-state index contributed by atoms with van der Waals surface area (Å²) in [7, 11) is 0. The molecule has 0 spiro atoms. The lowest BCUT2D eigenvalue weighted by Gasteiger charge is -2.16. The van der Waals surface area contributed by atoms with Crippen molar-refractivity contribution in [3.05, 3.63) is 34.9 Å². The van der Waals surface area contributed by atoms with Crippen LogP contribution in [0.2, 0.25) is 5.02 Å². The summed E-state index contributed by atoms with van der Waals surface area (Å²) in [6.07, 6.45) is 1.45. The number of carbonyl (C=O) groups is 2. The van der Waals surface area contributed by atoms with Crippen molar-refractivity contribution in [2.45, 2.75) is 13.8 Å². The number of halogens is 1. The summed E-state index contributed by atoms with van der Waals surface area (Å²) in [4.78, 5) is 24.5. The molecule has 2 amide bonds. The average molecular weight is 282 g/mol. The van der Waals surface area contributed by atoms with Crippen LogP contribution in [0.4, 0.5) is 0 Å². The van der Waals surface area contributed by atoms with Crippen LogP contribution in [0.25, 0.3) is 0 Å². The van der Waals surface area contributed by atoms with E-state index in [2.05, 4.69) is 10.5 Å². The number of carbonyl (C=O) groups excluding carboxylic acids is 2. The highest BCUT2D eigenvalue weighted by molar-refractivity contribution is 6.35. The number of nitrogens with zero attached hydrogens (tertiary/aromatic N) is 2. The van der Waals surface area contributed by atoms with Crippen molar-refractivity contribution in [3.8, 4) is 0 Å². The Kier molecular flexibility index (Phi) is 6.02. The Hall–Kier alpha value is -1.88. The Morgan fingerprint density at radius 1 is 1.26 bits per heavy atom. The van der Waals surface area contributed by atoms with Gasteiger partial charge in [-0.05, 0) is 31.5 Å². The molecule has 1 rings (SSSR count). The van der Waals surface area contributed by atoms with Crippen LogP contribution in [0.15, 0.2) is 29.4 Å². The average Bonchev–Trinajstić information content (AvgIpc) is 2.42. The number of nitrogens with one attached hydrogen (secondary N) is 1. The first-order valence-corrected chi connectivity index (χ1v) is 6.34. The van der Waals surface area contributed by atoms with Crippen LogP contribution >= 0.6 is 11.6 Å². The molecule has 0 atom stereocenters. The predicted molar refractivity (Wildman–Crippen MR) is 75.1 cm³/mol. The normalized spacial score (nSPS) is 10.5. The molecular formula is C13H16ClN3O2. The molecule has 19 heavy (non-hydrogen) atoms. The quantitative estimate of drug-likeness (QED) is 0.518. The molecule has 0 aliphatic rings. The molecule has 0 saturated heterocycles. The number of benzene rings is 1. The third kappa shape index (κ3) is 4.71. The maximum atomic E-state index is 11.6. The van der Waals surface area contributed by atoms with E-state index in [9.17, 15) is 9.59 Å². The molecule has 0 fully saturated rings. The monoisotopic (exact) mass is 281 g/mol. The number of likely N-dealkylation sites (N-methyl/N-ethyl adjacent to an activating group) is 1. The molecule has 0 heterocycles. The van der Waals surface area contributed by atoms with Gasteiger partial charge in [0.05, 0.1) is 6.21 Å². The molecule has 0 radical (unpaired) electrons. The van der Waals surface area contributed by atoms with Crippen molar-refractivity contribution >= 4 is 29.6 Å². The second-order valence-corrected chi connectivity index (χ2v) is 4.16. The standard InChI is InChI=1S/C13H16ClN3O2/c1-3-17(4-2)13(19)12(18)16-15-9-10-5-7-11(14)8-6-10/h5-9H,3-4H2,1-2H3,(H,16,18). The molecule has 102 valence electrons. The number of hydrazone groups is 1. The molecule has 0 aliphatic heterocycles. The van der Waals surface area contributed by atoms with E-state index in [4.69, 9.17) is 11.6 Å². The van der Waals surface area contributed by atoms with Crippen molar-refractivity contribution in [1.82, 2.24) is 10.3 Å². The van der Waals surface area contributed by atoms with Gasteiger partial charge in [0, 0.05) is 18.1 Å². The predicted octanol–water partition coefficient (Wildman–Crippen LogP) is 1.66. The molecule has 6 heteroatoms. The molecule has 0 aliphatic carbocycles. The highest BCUT2D eigenvalue weighted by atomic mass is 35.5. The van der Waals surface area contributed by atoms with Gasteiger partial charge in [-0.2, -0.15) is 5.10 Å². The Bertz CT molecular complexity index is 467. The summed E-state index contributed by atoms with van der Waals surface area (Å²) in [5, 5.41) is 4.35. The smallest absolute Gasteiger partial charge is 0.329 e. The van der Waals surface area contributed by atoms with Crippen molar-refractivity contribution in [1.29, 1.82) is 0 Å². The van der Waals surface area contributed by atoms with E-state index < -0.39 is 11.8 Å². The maximum absolute atomic E-state index is 11.6. The summed E-state index contributed by atoms with van der Waals surface area (Å²) in [6.45, 7) is 4.60. The van der Waals surface area contributed by atoms with E-state index >= 15 is 0 Å². The maximum Gasteiger partial charge on any atom is 0.329 e. The van der Waals surface area contributed by atoms with Crippen molar-refractivity contribution < 1.29 is 9.59 Å². The molecule has 1 N–H and O–H groups in total. The topological polar surface area (TPSA) is 61.8 Å². The first-order valence-electron chi connectivity index (χ1n) is 5.96. The van der Waals surface area contributed by atoms with Gasteiger partial charge in [0.15, 0.2) is 0 Å². The molecule has 5 nitrogen and oxygen atoms in total. The SMILES string of the molecule is CCN(CC)C(=O)C(=O)NN=Cc1ccc(Cl)cc1. The van der Waals surface area contributed by atoms with E-state index in [0.29, 0.717) is 18.1 Å². The number of amides is 2. The van der Waals surface area contributed by atoms with Crippen LogP contribution in [-0.4, -0.2) is 36.0 Å². The lowest BCUT2D eigenvalue weighted by Crippen LogP contribution is -2.41. The summed E-state index contributed by atoms with van der Waals surface area (Å²) in [5.41, 5.74) is 2.98. The Morgan fingerprint density at radius 2 is 1.84 bits per heavy atom. The van der Waals surface area contributed by atoms with E-state index in [1.54, 1.807) is 24.3 Å². The van der Waals surface area contributed by atoms with Gasteiger partial charge in [-0.1, -0.05) is 23.7 Å². The van der Waals surface area contributed by atoms with Gasteiger partial charge in [-0.3, -0.25) is 9.59 Å². The Balaban J connectivity index is 2.54. The van der Waals surface area contributed by atoms with Crippen molar-refractivity contribution in [2.24, 2.45) is 5.10 Å². The van der Waals surface area contributed by atoms with E-state index in [0.717, 1.165) is 5.56 Å². The minimum Gasteiger partial charge on any atom is -0.335 e. The number of rotatable bonds is 4. The minimum absolute atomic E-state index is 0.490. The van der Waals surface area contributed by atoms with Gasteiger partial charge in [-0.15, -0.1) is 0 Å². The van der Waals surface area contributed by atoms with Crippen LogP contribution in [0.1, 0.15) is 19.4 Å². The van der Waals surface area contributed by atoms with E-state index in [-0.39, 0.29) is 0 Å². The highest BCUT2D eigenvalue weighted by Crippen LogP contribution is 2.07. The van der Waals surface area contributed by atoms with E-state index in [1.807, 2.05) is 13.8 Å². The van der Waals surface area contributed by atoms with Crippen LogP contribution in [0.5, 0.6) is 0 Å². The zero-order valence-corrected chi connectivity index (χ0v) is 11.6. The largest absolute Gasteiger partial charge is 0.335 e. The van der Waals surface area contributed by atoms with Gasteiger partial charge in [0.1, 0.15) is 0 Å². The van der Waals surface area contributed by atoms with Gasteiger partial charge in [-0.25, -0.2) is 5.43 Å². The van der Waals surface area contributed by atoms with Crippen LogP contribution in [0, 0.1) is 0 Å². The van der Waals surface area contributed by atoms with Gasteiger partial charge < -0.3 is 4.90 Å². The first kappa shape index (κ1) is 15.2. The number of hydrogen-bond acceptors (Lipinski definition) is 3. The fraction of sp³-hybridized carbons (Fsp3) is 0.308. The van der Waals surface area contributed by atoms with Gasteiger partial charge in [0.2, 0.25) is 0 Å². The van der Waals surface area contributed by atoms with Crippen molar-refractivity contribution in [2.75, 3.05) is 13.1 Å². The van der Waals surface area contributed by atoms with Crippen LogP contribution in [0.3, 0.4) is 0 Å². The second-order valence-electron chi connectivity index (χ2n) is 3.73. The van der Waals surface area contributed by atoms with Gasteiger partial charge in [0.25, 0.3) is 0 Å². The number of hydrogen-bond donors (Lipinski definition) is 1. The summed E-state index contributed by atoms with van der Waals surface area (Å²) < 4.78 is 0. The highest BCUT2D eigenvalue weighted by Gasteiger charge is 2.18. The fourth-order valence-electron chi connectivity index (χ4n) is 1.42. The zero-order chi connectivity index (χ0) is 14.3. The van der Waals surface area contributed by atoms with E-state index in [1.165, 1.54) is 11.1 Å². The third-order valence-corrected chi connectivity index (χ3v) is 2.75. The second kappa shape index (κ2) is 7.53. The minimum atomic E-state index is -0.742. The molecule has 1 aromatic rings. The third-order valence-electron chi connectivity index (χ3n) is 2.49. The summed E-state index contributed by atoms with van der Waals surface area (Å²) in [5.74, 6) is -1.33. The molecule has 0 saturated carbocycles. The zero-order valence-electron chi connectivity index (χ0n) is 10.9. The molecule has 0 aromatic heterocycles. The molecule has 1 aromatic carbocycles. The van der Waals surface area contributed by atoms with Crippen LogP contribution < -0.4 is 5.43 Å². The summed E-state index contributed by atoms with van der Waals surface area (Å²) in [6, 6.07) is 6.94. The molecule has 0 bridgehead atoms. The Labute approximate surface area is 117 Å². The molecular weight excluding hydrogens is 266 g/mol. The lowest BCUT2D eigenvalue weighted by molar-refractivity contribution is -0.145. The summed E-state index contributed by atoms with van der Waals surface area (Å²) >= 11 is 5.74. The van der Waals surface area contributed by atoms with Crippen molar-refractivity contribution in [3.63, 3.8) is 0 Å². The van der Waals surface area contributed by atoms with Gasteiger partial charge >= 0.3 is 11.8 Å². The first-order chi connectivity index (χ1) is 9.08.